The maximum Gasteiger partial charge on any atom is 0.354 e. The van der Waals surface area contributed by atoms with Gasteiger partial charge in [-0.05, 0) is 56.1 Å². The summed E-state index contributed by atoms with van der Waals surface area (Å²) in [5, 5.41) is 6.07. The van der Waals surface area contributed by atoms with Crippen LogP contribution in [0.1, 0.15) is 31.7 Å². The van der Waals surface area contributed by atoms with E-state index < -0.39 is 5.69 Å². The molecule has 0 saturated carbocycles. The average molecular weight is 440 g/mol. The van der Waals surface area contributed by atoms with Crippen LogP contribution >= 0.6 is 0 Å². The number of anilines is 1. The molecule has 4 rings (SSSR count). The Bertz CT molecular complexity index is 967. The Hall–Kier alpha value is -2.75. The van der Waals surface area contributed by atoms with Crippen molar-refractivity contribution in [1.82, 2.24) is 24.7 Å². The van der Waals surface area contributed by atoms with Gasteiger partial charge in [0, 0.05) is 44.5 Å². The van der Waals surface area contributed by atoms with E-state index in [1.165, 1.54) is 10.1 Å². The Kier molecular flexibility index (Phi) is 7.19. The number of hydrogen-bond acceptors (Lipinski definition) is 6. The van der Waals surface area contributed by atoms with Crippen molar-refractivity contribution < 1.29 is 4.79 Å². The molecule has 1 aromatic heterocycles. The minimum Gasteiger partial charge on any atom is -0.328 e. The Balaban J connectivity index is 1.39. The third kappa shape index (κ3) is 5.35. The predicted molar refractivity (Wildman–Crippen MR) is 125 cm³/mol. The molecule has 0 bridgehead atoms. The summed E-state index contributed by atoms with van der Waals surface area (Å²) in [5.74, 6) is 0.268. The number of piperidine rings is 1. The Labute approximate surface area is 188 Å². The largest absolute Gasteiger partial charge is 0.354 e. The zero-order chi connectivity index (χ0) is 22.5. The molecule has 2 amide bonds. The second kappa shape index (κ2) is 10.2. The predicted octanol–water partition coefficient (Wildman–Crippen LogP) is 1.37. The Morgan fingerprint density at radius 3 is 2.62 bits per heavy atom. The number of nitrogens with one attached hydrogen (secondary N) is 2. The summed E-state index contributed by atoms with van der Waals surface area (Å²) in [6.07, 6.45) is 4.60. The first-order chi connectivity index (χ1) is 15.5. The van der Waals surface area contributed by atoms with E-state index in [4.69, 9.17) is 5.73 Å². The molecular formula is C23H33N7O2. The maximum absolute atomic E-state index is 12.6. The van der Waals surface area contributed by atoms with Crippen molar-refractivity contribution in [2.24, 2.45) is 5.73 Å². The van der Waals surface area contributed by atoms with Gasteiger partial charge in [0.1, 0.15) is 5.82 Å². The van der Waals surface area contributed by atoms with Crippen LogP contribution in [0.3, 0.4) is 0 Å². The first-order valence-corrected chi connectivity index (χ1v) is 11.5. The second-order valence-corrected chi connectivity index (χ2v) is 8.64. The van der Waals surface area contributed by atoms with E-state index in [1.807, 2.05) is 24.3 Å². The molecule has 9 nitrogen and oxygen atoms in total. The lowest BCUT2D eigenvalue weighted by molar-refractivity contribution is 0.168. The molecule has 0 aliphatic carbocycles. The van der Waals surface area contributed by atoms with Crippen molar-refractivity contribution in [2.45, 2.75) is 44.8 Å². The fraction of sp³-hybridized carbons (Fsp3) is 0.522. The van der Waals surface area contributed by atoms with E-state index in [-0.39, 0.29) is 17.9 Å². The number of carbonyl (C=O) groups excluding carboxylic acids is 1. The lowest BCUT2D eigenvalue weighted by Crippen LogP contribution is -2.54. The molecule has 3 heterocycles. The van der Waals surface area contributed by atoms with E-state index in [9.17, 15) is 9.59 Å². The number of amides is 2. The normalized spacial score (nSPS) is 20.3. The summed E-state index contributed by atoms with van der Waals surface area (Å²) in [7, 11) is 0. The van der Waals surface area contributed by atoms with Gasteiger partial charge in [-0.1, -0.05) is 19.1 Å². The number of nitrogens with two attached hydrogens (primary N) is 1. The number of benzene rings is 1. The second-order valence-electron chi connectivity index (χ2n) is 8.64. The number of carbonyl (C=O) groups is 1. The fourth-order valence-corrected chi connectivity index (χ4v) is 4.37. The van der Waals surface area contributed by atoms with Gasteiger partial charge in [-0.3, -0.25) is 14.8 Å². The van der Waals surface area contributed by atoms with Crippen LogP contribution in [0.15, 0.2) is 41.3 Å². The Morgan fingerprint density at radius 2 is 1.94 bits per heavy atom. The number of aromatic nitrogens is 2. The molecule has 2 fully saturated rings. The highest BCUT2D eigenvalue weighted by molar-refractivity contribution is 5.88. The van der Waals surface area contributed by atoms with E-state index >= 15 is 0 Å². The molecule has 0 spiro atoms. The molecule has 4 N–H and O–H groups in total. The standard InChI is InChI=1S/C23H33N7O2/c1-2-19-15-25-10-14-30(19)23(32)27-21-9-13-29(22(31)26-21)20-5-3-17(4-6-20)16-28-11-7-18(24)8-12-28/h3-6,9,13,18-19,25H,2,7-8,10-12,14-16,24H2,1H3,(H,26,27,31,32). The minimum absolute atomic E-state index is 0.143. The van der Waals surface area contributed by atoms with Crippen LogP contribution in [-0.2, 0) is 6.54 Å². The van der Waals surface area contributed by atoms with E-state index in [2.05, 4.69) is 27.4 Å². The van der Waals surface area contributed by atoms with Gasteiger partial charge < -0.3 is 16.0 Å². The monoisotopic (exact) mass is 439 g/mol. The van der Waals surface area contributed by atoms with Gasteiger partial charge in [0.2, 0.25) is 0 Å². The molecule has 1 atom stereocenters. The minimum atomic E-state index is -0.423. The van der Waals surface area contributed by atoms with Gasteiger partial charge >= 0.3 is 11.7 Å². The quantitative estimate of drug-likeness (QED) is 0.649. The summed E-state index contributed by atoms with van der Waals surface area (Å²) in [6.45, 7) is 7.16. The van der Waals surface area contributed by atoms with Crippen LogP contribution in [0.5, 0.6) is 0 Å². The van der Waals surface area contributed by atoms with Crippen molar-refractivity contribution in [3.63, 3.8) is 0 Å². The molecule has 2 aliphatic heterocycles. The van der Waals surface area contributed by atoms with E-state index in [0.717, 1.165) is 57.7 Å². The highest BCUT2D eigenvalue weighted by Gasteiger charge is 2.25. The van der Waals surface area contributed by atoms with Gasteiger partial charge in [0.05, 0.1) is 5.69 Å². The van der Waals surface area contributed by atoms with E-state index in [1.54, 1.807) is 17.2 Å². The first-order valence-electron chi connectivity index (χ1n) is 11.5. The molecule has 172 valence electrons. The van der Waals surface area contributed by atoms with Gasteiger partial charge in [-0.15, -0.1) is 0 Å². The zero-order valence-corrected chi connectivity index (χ0v) is 18.7. The summed E-state index contributed by atoms with van der Waals surface area (Å²) in [4.78, 5) is 33.5. The van der Waals surface area contributed by atoms with Gasteiger partial charge in [-0.2, -0.15) is 4.98 Å². The number of piperazine rings is 1. The van der Waals surface area contributed by atoms with Crippen LogP contribution in [0, 0.1) is 0 Å². The summed E-state index contributed by atoms with van der Waals surface area (Å²) in [6, 6.07) is 9.86. The lowest BCUT2D eigenvalue weighted by atomic mass is 10.1. The number of rotatable bonds is 5. The smallest absolute Gasteiger partial charge is 0.328 e. The summed E-state index contributed by atoms with van der Waals surface area (Å²) in [5.41, 5.74) is 7.51. The molecular weight excluding hydrogens is 406 g/mol. The number of nitrogens with zero attached hydrogens (tertiary/aromatic N) is 4. The lowest BCUT2D eigenvalue weighted by Gasteiger charge is -2.35. The van der Waals surface area contributed by atoms with Crippen LogP contribution in [0.2, 0.25) is 0 Å². The SMILES string of the molecule is CCC1CNCCN1C(=O)Nc1ccn(-c2ccc(CN3CCC(N)CC3)cc2)c(=O)n1. The molecule has 2 aromatic rings. The molecule has 1 aromatic carbocycles. The van der Waals surface area contributed by atoms with Gasteiger partial charge in [-0.25, -0.2) is 9.59 Å². The zero-order valence-electron chi connectivity index (χ0n) is 18.7. The third-order valence-corrected chi connectivity index (χ3v) is 6.37. The van der Waals surface area contributed by atoms with Crippen molar-refractivity contribution in [2.75, 3.05) is 38.0 Å². The number of hydrogen-bond donors (Lipinski definition) is 3. The molecule has 2 aliphatic rings. The summed E-state index contributed by atoms with van der Waals surface area (Å²) >= 11 is 0. The highest BCUT2D eigenvalue weighted by Crippen LogP contribution is 2.15. The molecule has 1 unspecified atom stereocenters. The van der Waals surface area contributed by atoms with Gasteiger partial charge in [0.25, 0.3) is 0 Å². The van der Waals surface area contributed by atoms with Crippen LogP contribution < -0.4 is 22.1 Å². The summed E-state index contributed by atoms with van der Waals surface area (Å²) < 4.78 is 1.49. The van der Waals surface area contributed by atoms with Crippen LogP contribution in [0.4, 0.5) is 10.6 Å². The molecule has 9 heteroatoms. The van der Waals surface area contributed by atoms with Gasteiger partial charge in [0.15, 0.2) is 0 Å². The fourth-order valence-electron chi connectivity index (χ4n) is 4.37. The van der Waals surface area contributed by atoms with Crippen LogP contribution in [0.25, 0.3) is 5.69 Å². The van der Waals surface area contributed by atoms with Crippen molar-refractivity contribution in [3.05, 3.63) is 52.6 Å². The molecule has 0 radical (unpaired) electrons. The third-order valence-electron chi connectivity index (χ3n) is 6.37. The average Bonchev–Trinajstić information content (AvgIpc) is 2.81. The van der Waals surface area contributed by atoms with E-state index in [0.29, 0.717) is 12.6 Å². The van der Waals surface area contributed by atoms with Crippen LogP contribution in [-0.4, -0.2) is 70.2 Å². The number of urea groups is 1. The van der Waals surface area contributed by atoms with Crippen molar-refractivity contribution in [1.29, 1.82) is 0 Å². The van der Waals surface area contributed by atoms with Crippen molar-refractivity contribution in [3.8, 4) is 5.69 Å². The topological polar surface area (TPSA) is 109 Å². The molecule has 2 saturated heterocycles. The van der Waals surface area contributed by atoms with Crippen molar-refractivity contribution >= 4 is 11.8 Å². The molecule has 32 heavy (non-hydrogen) atoms. The Morgan fingerprint density at radius 1 is 1.19 bits per heavy atom. The number of likely N-dealkylation sites (tertiary alicyclic amines) is 1. The highest BCUT2D eigenvalue weighted by atomic mass is 16.2. The first kappa shape index (κ1) is 22.4. The maximum atomic E-state index is 12.6.